The summed E-state index contributed by atoms with van der Waals surface area (Å²) in [6.07, 6.45) is 2.10. The Balaban J connectivity index is 1.19. The number of hydrogen-bond acceptors (Lipinski definition) is 8. The molecule has 2 atom stereocenters. The van der Waals surface area contributed by atoms with Crippen LogP contribution in [-0.2, 0) is 17.9 Å². The van der Waals surface area contributed by atoms with Crippen molar-refractivity contribution >= 4 is 28.8 Å². The van der Waals surface area contributed by atoms with Gasteiger partial charge in [0.05, 0.1) is 18.5 Å². The molecule has 31 heavy (non-hydrogen) atoms. The van der Waals surface area contributed by atoms with E-state index in [4.69, 9.17) is 11.5 Å². The van der Waals surface area contributed by atoms with Gasteiger partial charge in [0.2, 0.25) is 11.9 Å². The van der Waals surface area contributed by atoms with E-state index in [0.29, 0.717) is 24.1 Å². The fraction of sp³-hybridized carbons (Fsp3) is 0.429. The van der Waals surface area contributed by atoms with Gasteiger partial charge in [-0.3, -0.25) is 9.69 Å². The number of nitrogens with zero attached hydrogens (tertiary/aromatic N) is 6. The van der Waals surface area contributed by atoms with Crippen LogP contribution in [0.15, 0.2) is 30.6 Å². The van der Waals surface area contributed by atoms with Crippen molar-refractivity contribution in [3.63, 3.8) is 0 Å². The van der Waals surface area contributed by atoms with Gasteiger partial charge in [-0.2, -0.15) is 9.97 Å². The number of fused-ring (bicyclic) bond motifs is 2. The molecule has 0 saturated carbocycles. The van der Waals surface area contributed by atoms with E-state index in [1.54, 1.807) is 15.8 Å². The molecule has 0 radical (unpaired) electrons. The number of nitrogens with two attached hydrogens (primary N) is 2. The maximum atomic E-state index is 12.8. The van der Waals surface area contributed by atoms with Crippen LogP contribution in [0.3, 0.4) is 0 Å². The van der Waals surface area contributed by atoms with Gasteiger partial charge in [0, 0.05) is 32.6 Å². The van der Waals surface area contributed by atoms with Crippen LogP contribution in [0.1, 0.15) is 30.0 Å². The molecule has 0 bridgehead atoms. The molecule has 0 unspecified atom stereocenters. The number of likely N-dealkylation sites (tertiary alicyclic amines) is 1. The Hall–Kier alpha value is -3.24. The second-order valence-electron chi connectivity index (χ2n) is 8.31. The van der Waals surface area contributed by atoms with Crippen molar-refractivity contribution < 1.29 is 9.90 Å². The lowest BCUT2D eigenvalue weighted by Crippen LogP contribution is -2.30. The first-order valence-corrected chi connectivity index (χ1v) is 10.5. The third kappa shape index (κ3) is 3.68. The number of β-amino-alcohol motifs (C(OH)–C–C–N with tert-alkyl or cyclic N) is 1. The highest BCUT2D eigenvalue weighted by atomic mass is 16.3. The highest BCUT2D eigenvalue weighted by Gasteiger charge is 2.36. The number of carbonyl (C=O) groups excluding carboxylic acids is 1. The zero-order valence-corrected chi connectivity index (χ0v) is 17.2. The third-order valence-corrected chi connectivity index (χ3v) is 6.21. The predicted octanol–water partition coefficient (Wildman–Crippen LogP) is 0.531. The van der Waals surface area contributed by atoms with Crippen LogP contribution in [0.4, 0.5) is 11.8 Å². The Morgan fingerprint density at radius 2 is 1.87 bits per heavy atom. The molecular formula is C21H26N8O2. The molecule has 4 heterocycles. The number of amides is 1. The first-order valence-electron chi connectivity index (χ1n) is 10.5. The van der Waals surface area contributed by atoms with Crippen molar-refractivity contribution in [3.05, 3.63) is 41.7 Å². The molecule has 1 fully saturated rings. The van der Waals surface area contributed by atoms with E-state index in [0.717, 1.165) is 26.1 Å². The number of nitrogen functional groups attached to an aromatic ring is 2. The maximum absolute atomic E-state index is 12.8. The maximum Gasteiger partial charge on any atom is 0.224 e. The third-order valence-electron chi connectivity index (χ3n) is 6.21. The minimum absolute atomic E-state index is 0.0521. The van der Waals surface area contributed by atoms with E-state index >= 15 is 0 Å². The van der Waals surface area contributed by atoms with E-state index in [9.17, 15) is 9.90 Å². The molecular weight excluding hydrogens is 396 g/mol. The number of aliphatic hydroxyl groups is 1. The second kappa shape index (κ2) is 7.78. The summed E-state index contributed by atoms with van der Waals surface area (Å²) in [4.78, 5) is 29.3. The van der Waals surface area contributed by atoms with Crippen molar-refractivity contribution in [1.29, 1.82) is 0 Å². The monoisotopic (exact) mass is 422 g/mol. The molecule has 3 aromatic rings. The van der Waals surface area contributed by atoms with Gasteiger partial charge in [-0.05, 0) is 24.1 Å². The van der Waals surface area contributed by atoms with Gasteiger partial charge in [-0.1, -0.05) is 24.3 Å². The molecule has 10 heteroatoms. The van der Waals surface area contributed by atoms with Crippen LogP contribution in [0.2, 0.25) is 0 Å². The van der Waals surface area contributed by atoms with Crippen LogP contribution in [-0.4, -0.2) is 66.1 Å². The Kier molecular flexibility index (Phi) is 4.95. The summed E-state index contributed by atoms with van der Waals surface area (Å²) in [5, 5.41) is 10.6. The van der Waals surface area contributed by atoms with Gasteiger partial charge in [0.1, 0.15) is 5.52 Å². The van der Waals surface area contributed by atoms with Crippen molar-refractivity contribution in [2.75, 3.05) is 31.1 Å². The predicted molar refractivity (Wildman–Crippen MR) is 116 cm³/mol. The molecule has 5 N–H and O–H groups in total. The molecule has 10 nitrogen and oxygen atoms in total. The summed E-state index contributed by atoms with van der Waals surface area (Å²) >= 11 is 0. The number of aromatic nitrogens is 4. The fourth-order valence-corrected chi connectivity index (χ4v) is 4.62. The molecule has 2 aromatic heterocycles. The molecule has 2 aliphatic heterocycles. The summed E-state index contributed by atoms with van der Waals surface area (Å²) in [6, 6.07) is 8.12. The quantitative estimate of drug-likeness (QED) is 0.541. The van der Waals surface area contributed by atoms with Gasteiger partial charge in [-0.25, -0.2) is 4.98 Å². The topological polar surface area (TPSA) is 139 Å². The fourth-order valence-electron chi connectivity index (χ4n) is 4.62. The van der Waals surface area contributed by atoms with Gasteiger partial charge in [-0.15, -0.1) is 0 Å². The summed E-state index contributed by atoms with van der Waals surface area (Å²) < 4.78 is 1.74. The van der Waals surface area contributed by atoms with Gasteiger partial charge in [0.25, 0.3) is 0 Å². The number of benzene rings is 1. The average Bonchev–Trinajstić information content (AvgIpc) is 3.43. The lowest BCUT2D eigenvalue weighted by molar-refractivity contribution is -0.130. The highest BCUT2D eigenvalue weighted by molar-refractivity contribution is 5.83. The Morgan fingerprint density at radius 1 is 1.13 bits per heavy atom. The number of aliphatic hydroxyl groups excluding tert-OH is 1. The largest absolute Gasteiger partial charge is 0.389 e. The zero-order chi connectivity index (χ0) is 21.5. The van der Waals surface area contributed by atoms with E-state index in [-0.39, 0.29) is 30.3 Å². The van der Waals surface area contributed by atoms with Crippen LogP contribution < -0.4 is 11.5 Å². The molecule has 1 amide bonds. The summed E-state index contributed by atoms with van der Waals surface area (Å²) in [7, 11) is 0. The smallest absolute Gasteiger partial charge is 0.224 e. The normalized spacial score (nSPS) is 21.1. The number of hydrogen-bond donors (Lipinski definition) is 3. The van der Waals surface area contributed by atoms with Gasteiger partial charge < -0.3 is 26.0 Å². The van der Waals surface area contributed by atoms with Crippen molar-refractivity contribution in [2.24, 2.45) is 0 Å². The second-order valence-corrected chi connectivity index (χ2v) is 8.31. The van der Waals surface area contributed by atoms with Crippen LogP contribution in [0.25, 0.3) is 11.2 Å². The SMILES string of the molecule is Nc1nc(N)c2ncn([C@H]3CN(C(=O)CCCN4Cc5ccccc5C4)C[C@@H]3O)c2n1. The standard InChI is InChI=1S/C21H26N8O2/c22-19-18-20(26-21(23)25-19)29(12-24-18)15-10-28(11-16(15)30)17(31)6-3-7-27-8-13-4-1-2-5-14(13)9-27/h1-2,4-5,12,15-16,30H,3,6-11H2,(H4,22,23,25,26)/t15-,16-/m0/s1. The summed E-state index contributed by atoms with van der Waals surface area (Å²) in [6.45, 7) is 3.44. The number of imidazole rings is 1. The minimum atomic E-state index is -0.716. The molecule has 0 spiro atoms. The molecule has 2 aliphatic rings. The summed E-state index contributed by atoms with van der Waals surface area (Å²) in [5.74, 6) is 0.304. The van der Waals surface area contributed by atoms with E-state index < -0.39 is 6.10 Å². The van der Waals surface area contributed by atoms with Gasteiger partial charge in [0.15, 0.2) is 11.5 Å². The molecule has 0 aliphatic carbocycles. The van der Waals surface area contributed by atoms with Crippen LogP contribution in [0, 0.1) is 0 Å². The lowest BCUT2D eigenvalue weighted by Gasteiger charge is -2.18. The molecule has 1 saturated heterocycles. The zero-order valence-electron chi connectivity index (χ0n) is 17.2. The van der Waals surface area contributed by atoms with Crippen molar-refractivity contribution in [3.8, 4) is 0 Å². The first-order chi connectivity index (χ1) is 15.0. The first kappa shape index (κ1) is 19.7. The Bertz CT molecular complexity index is 1100. The average molecular weight is 422 g/mol. The molecule has 1 aromatic carbocycles. The van der Waals surface area contributed by atoms with E-state index in [1.807, 2.05) is 0 Å². The lowest BCUT2D eigenvalue weighted by atomic mass is 10.1. The van der Waals surface area contributed by atoms with Crippen LogP contribution >= 0.6 is 0 Å². The molecule has 162 valence electrons. The van der Waals surface area contributed by atoms with Crippen molar-refractivity contribution in [2.45, 2.75) is 38.1 Å². The number of anilines is 2. The van der Waals surface area contributed by atoms with Crippen LogP contribution in [0.5, 0.6) is 0 Å². The van der Waals surface area contributed by atoms with E-state index in [1.165, 1.54) is 11.1 Å². The Morgan fingerprint density at radius 3 is 2.61 bits per heavy atom. The van der Waals surface area contributed by atoms with Crippen molar-refractivity contribution in [1.82, 2.24) is 29.3 Å². The van der Waals surface area contributed by atoms with E-state index in [2.05, 4.69) is 44.1 Å². The molecule has 5 rings (SSSR count). The summed E-state index contributed by atoms with van der Waals surface area (Å²) in [5.41, 5.74) is 15.3. The number of rotatable bonds is 5. The minimum Gasteiger partial charge on any atom is -0.389 e. The number of carbonyl (C=O) groups is 1. The highest BCUT2D eigenvalue weighted by Crippen LogP contribution is 2.28. The van der Waals surface area contributed by atoms with Gasteiger partial charge >= 0.3 is 0 Å². The Labute approximate surface area is 179 Å².